The lowest BCUT2D eigenvalue weighted by Gasteiger charge is -2.08. The van der Waals surface area contributed by atoms with Crippen molar-refractivity contribution in [3.05, 3.63) is 40.3 Å². The fourth-order valence-electron chi connectivity index (χ4n) is 1.58. The van der Waals surface area contributed by atoms with Gasteiger partial charge in [0.25, 0.3) is 0 Å². The van der Waals surface area contributed by atoms with Crippen LogP contribution in [0.4, 0.5) is 0 Å². The zero-order chi connectivity index (χ0) is 9.46. The SMILES string of the molecule is [CH2+]c1c(C)c(C)c(C)c(C)c1C. The molecule has 0 spiro atoms. The van der Waals surface area contributed by atoms with Crippen LogP contribution in [0, 0.1) is 41.5 Å². The van der Waals surface area contributed by atoms with Crippen molar-refractivity contribution in [2.75, 3.05) is 0 Å². The Kier molecular flexibility index (Phi) is 2.18. The molecule has 0 nitrogen and oxygen atoms in total. The summed E-state index contributed by atoms with van der Waals surface area (Å²) in [7, 11) is 0. The zero-order valence-electron chi connectivity index (χ0n) is 8.71. The molecule has 0 aromatic heterocycles. The van der Waals surface area contributed by atoms with Crippen molar-refractivity contribution in [2.45, 2.75) is 34.6 Å². The van der Waals surface area contributed by atoms with Crippen molar-refractivity contribution in [2.24, 2.45) is 0 Å². The van der Waals surface area contributed by atoms with Gasteiger partial charge in [0.1, 0.15) is 5.56 Å². The van der Waals surface area contributed by atoms with Crippen LogP contribution in [-0.4, -0.2) is 0 Å². The van der Waals surface area contributed by atoms with E-state index in [9.17, 15) is 0 Å². The molecule has 0 aliphatic carbocycles. The summed E-state index contributed by atoms with van der Waals surface area (Å²) in [5.41, 5.74) is 8.09. The maximum Gasteiger partial charge on any atom is 0.132 e. The molecule has 0 atom stereocenters. The summed E-state index contributed by atoms with van der Waals surface area (Å²) in [6.07, 6.45) is 0. The summed E-state index contributed by atoms with van der Waals surface area (Å²) >= 11 is 0. The second-order valence-electron chi connectivity index (χ2n) is 3.60. The quantitative estimate of drug-likeness (QED) is 0.511. The molecule has 0 radical (unpaired) electrons. The summed E-state index contributed by atoms with van der Waals surface area (Å²) in [6, 6.07) is 0. The van der Waals surface area contributed by atoms with E-state index in [0.717, 1.165) is 0 Å². The van der Waals surface area contributed by atoms with Crippen molar-refractivity contribution in [3.8, 4) is 0 Å². The maximum absolute atomic E-state index is 4.08. The van der Waals surface area contributed by atoms with Gasteiger partial charge in [0, 0.05) is 31.9 Å². The monoisotopic (exact) mass is 161 g/mol. The van der Waals surface area contributed by atoms with Crippen molar-refractivity contribution in [3.63, 3.8) is 0 Å². The minimum Gasteiger partial charge on any atom is -0.0369 e. The van der Waals surface area contributed by atoms with Gasteiger partial charge in [-0.2, -0.15) is 0 Å². The third kappa shape index (κ3) is 1.12. The van der Waals surface area contributed by atoms with Gasteiger partial charge in [-0.3, -0.25) is 0 Å². The van der Waals surface area contributed by atoms with Gasteiger partial charge in [-0.15, -0.1) is 0 Å². The van der Waals surface area contributed by atoms with Gasteiger partial charge in [0.15, 0.2) is 0 Å². The van der Waals surface area contributed by atoms with Crippen molar-refractivity contribution in [1.82, 2.24) is 0 Å². The van der Waals surface area contributed by atoms with Gasteiger partial charge in [-0.1, -0.05) is 0 Å². The van der Waals surface area contributed by atoms with E-state index in [-0.39, 0.29) is 0 Å². The standard InChI is InChI=1S/C12H17/c1-7-8(2)10(4)12(6)11(5)9(7)3/h1H2,2-6H3/q+1. The minimum atomic E-state index is 1.20. The summed E-state index contributed by atoms with van der Waals surface area (Å²) in [4.78, 5) is 0. The predicted molar refractivity (Wildman–Crippen MR) is 54.6 cm³/mol. The normalized spacial score (nSPS) is 10.4. The molecule has 0 saturated carbocycles. The predicted octanol–water partition coefficient (Wildman–Crippen LogP) is 3.41. The molecular formula is C12H17+. The molecule has 1 rings (SSSR count). The van der Waals surface area contributed by atoms with Crippen LogP contribution in [0.5, 0.6) is 0 Å². The van der Waals surface area contributed by atoms with Crippen LogP contribution in [0.3, 0.4) is 0 Å². The Balaban J connectivity index is 3.60. The lowest BCUT2D eigenvalue weighted by atomic mass is 9.90. The van der Waals surface area contributed by atoms with Gasteiger partial charge in [0.2, 0.25) is 0 Å². The van der Waals surface area contributed by atoms with E-state index in [1.807, 2.05) is 0 Å². The highest BCUT2D eigenvalue weighted by atomic mass is 14.1. The molecule has 12 heavy (non-hydrogen) atoms. The third-order valence-electron chi connectivity index (χ3n) is 3.16. The highest BCUT2D eigenvalue weighted by Gasteiger charge is 2.15. The minimum absolute atomic E-state index is 1.20. The van der Waals surface area contributed by atoms with Crippen LogP contribution in [0.1, 0.15) is 33.4 Å². The van der Waals surface area contributed by atoms with E-state index in [1.54, 1.807) is 0 Å². The zero-order valence-corrected chi connectivity index (χ0v) is 8.71. The molecule has 0 saturated heterocycles. The lowest BCUT2D eigenvalue weighted by Crippen LogP contribution is -1.98. The number of hydrogen-bond acceptors (Lipinski definition) is 0. The Labute approximate surface area is 75.6 Å². The fourth-order valence-corrected chi connectivity index (χ4v) is 1.58. The number of benzene rings is 1. The van der Waals surface area contributed by atoms with E-state index in [2.05, 4.69) is 41.5 Å². The molecule has 1 aromatic rings. The van der Waals surface area contributed by atoms with Gasteiger partial charge < -0.3 is 0 Å². The molecule has 0 aliphatic heterocycles. The first kappa shape index (κ1) is 9.18. The van der Waals surface area contributed by atoms with E-state index in [1.165, 1.54) is 33.4 Å². The molecule has 1 aromatic carbocycles. The molecular weight excluding hydrogens is 144 g/mol. The second kappa shape index (κ2) is 2.85. The molecule has 0 aliphatic rings. The molecule has 0 heterocycles. The Morgan fingerprint density at radius 3 is 1.17 bits per heavy atom. The first-order valence-corrected chi connectivity index (χ1v) is 4.35. The van der Waals surface area contributed by atoms with Gasteiger partial charge in [-0.05, 0) is 26.3 Å². The topological polar surface area (TPSA) is 0 Å². The molecule has 64 valence electrons. The highest BCUT2D eigenvalue weighted by molar-refractivity contribution is 5.50. The molecule has 0 fully saturated rings. The van der Waals surface area contributed by atoms with E-state index in [4.69, 9.17) is 0 Å². The Morgan fingerprint density at radius 1 is 0.583 bits per heavy atom. The molecule has 0 unspecified atom stereocenters. The highest BCUT2D eigenvalue weighted by Crippen LogP contribution is 2.24. The van der Waals surface area contributed by atoms with Crippen LogP contribution in [0.15, 0.2) is 0 Å². The van der Waals surface area contributed by atoms with E-state index in [0.29, 0.717) is 0 Å². The van der Waals surface area contributed by atoms with Gasteiger partial charge >= 0.3 is 0 Å². The summed E-state index contributed by atoms with van der Waals surface area (Å²) in [5, 5.41) is 0. The Bertz CT molecular complexity index is 214. The van der Waals surface area contributed by atoms with Gasteiger partial charge in [-0.25, -0.2) is 0 Å². The average Bonchev–Trinajstić information content (AvgIpc) is 2.08. The summed E-state index contributed by atoms with van der Waals surface area (Å²) in [5.74, 6) is 0. The first-order chi connectivity index (χ1) is 5.46. The van der Waals surface area contributed by atoms with Crippen LogP contribution < -0.4 is 0 Å². The second-order valence-corrected chi connectivity index (χ2v) is 3.60. The van der Waals surface area contributed by atoms with Crippen molar-refractivity contribution >= 4 is 0 Å². The summed E-state index contributed by atoms with van der Waals surface area (Å²) < 4.78 is 0. The van der Waals surface area contributed by atoms with E-state index < -0.39 is 0 Å². The van der Waals surface area contributed by atoms with Crippen molar-refractivity contribution < 1.29 is 0 Å². The van der Waals surface area contributed by atoms with Gasteiger partial charge in [0.05, 0.1) is 11.1 Å². The Morgan fingerprint density at radius 2 is 0.833 bits per heavy atom. The molecule has 0 heteroatoms. The van der Waals surface area contributed by atoms with Crippen LogP contribution in [0.2, 0.25) is 0 Å². The number of rotatable bonds is 0. The lowest BCUT2D eigenvalue weighted by molar-refractivity contribution is 1.15. The molecule has 0 N–H and O–H groups in total. The fraction of sp³-hybridized carbons (Fsp3) is 0.417. The van der Waals surface area contributed by atoms with Crippen LogP contribution in [0.25, 0.3) is 0 Å². The van der Waals surface area contributed by atoms with Crippen LogP contribution in [-0.2, 0) is 0 Å². The first-order valence-electron chi connectivity index (χ1n) is 4.35. The molecule has 0 bridgehead atoms. The molecule has 0 amide bonds. The van der Waals surface area contributed by atoms with Crippen LogP contribution >= 0.6 is 0 Å². The number of hydrogen-bond donors (Lipinski definition) is 0. The smallest absolute Gasteiger partial charge is 0.0369 e. The largest absolute Gasteiger partial charge is 0.132 e. The maximum atomic E-state index is 4.08. The summed E-state index contributed by atoms with van der Waals surface area (Å²) in [6.45, 7) is 14.9. The Hall–Kier alpha value is -0.910. The average molecular weight is 161 g/mol. The van der Waals surface area contributed by atoms with Crippen molar-refractivity contribution in [1.29, 1.82) is 0 Å². The van der Waals surface area contributed by atoms with E-state index >= 15 is 0 Å². The third-order valence-corrected chi connectivity index (χ3v) is 3.16.